The van der Waals surface area contributed by atoms with Crippen molar-refractivity contribution in [2.75, 3.05) is 20.2 Å². The molecule has 1 saturated heterocycles. The van der Waals surface area contributed by atoms with E-state index >= 15 is 0 Å². The third kappa shape index (κ3) is 3.31. The topological polar surface area (TPSA) is 63.7 Å². The average molecular weight is 398 g/mol. The molecular weight excluding hydrogens is 384 g/mol. The summed E-state index contributed by atoms with van der Waals surface area (Å²) in [5, 5.41) is 0. The summed E-state index contributed by atoms with van der Waals surface area (Å²) in [7, 11) is -2.83. The summed E-state index contributed by atoms with van der Waals surface area (Å²) in [6.45, 7) is 0.150. The molecule has 1 aliphatic rings. The fraction of sp³-hybridized carbons (Fsp3) is 0.462. The summed E-state index contributed by atoms with van der Waals surface area (Å²) in [5.74, 6) is -2.76. The summed E-state index contributed by atoms with van der Waals surface area (Å²) < 4.78 is 57.5. The Morgan fingerprint density at radius 3 is 2.41 bits per heavy atom. The molecule has 122 valence electrons. The molecule has 0 aromatic heterocycles. The van der Waals surface area contributed by atoms with Gasteiger partial charge in [-0.25, -0.2) is 17.2 Å². The molecule has 1 aromatic rings. The van der Waals surface area contributed by atoms with Crippen molar-refractivity contribution in [1.29, 1.82) is 0 Å². The van der Waals surface area contributed by atoms with E-state index in [1.54, 1.807) is 0 Å². The van der Waals surface area contributed by atoms with Crippen molar-refractivity contribution in [2.45, 2.75) is 17.7 Å². The number of hydrogen-bond donors (Lipinski definition) is 0. The summed E-state index contributed by atoms with van der Waals surface area (Å²) in [6, 6.07) is 1.43. The molecule has 0 N–H and O–H groups in total. The number of methoxy groups -OCH3 is 1. The smallest absolute Gasteiger partial charge is 0.308 e. The number of carbonyl (C=O) groups excluding carboxylic acids is 1. The average Bonchev–Trinajstić information content (AvgIpc) is 2.45. The third-order valence-electron chi connectivity index (χ3n) is 3.55. The number of halogens is 3. The molecule has 0 aliphatic carbocycles. The standard InChI is InChI=1S/C13H14BrF2NO4S/c1-21-13(18)8-2-4-17(5-3-8)22(19,20)12-10(14)6-9(15)7-11(12)16/h6-8H,2-5H2,1H3. The molecule has 5 nitrogen and oxygen atoms in total. The van der Waals surface area contributed by atoms with Gasteiger partial charge in [0.25, 0.3) is 0 Å². The first kappa shape index (κ1) is 17.3. The van der Waals surface area contributed by atoms with Crippen LogP contribution < -0.4 is 0 Å². The molecule has 0 unspecified atom stereocenters. The van der Waals surface area contributed by atoms with Crippen LogP contribution in [0.1, 0.15) is 12.8 Å². The zero-order chi connectivity index (χ0) is 16.5. The summed E-state index contributed by atoms with van der Waals surface area (Å²) in [6.07, 6.45) is 0.596. The van der Waals surface area contributed by atoms with Crippen molar-refractivity contribution in [3.63, 3.8) is 0 Å². The van der Waals surface area contributed by atoms with Gasteiger partial charge in [0.05, 0.1) is 13.0 Å². The van der Waals surface area contributed by atoms with Crippen LogP contribution in [-0.4, -0.2) is 38.9 Å². The van der Waals surface area contributed by atoms with Gasteiger partial charge in [-0.2, -0.15) is 4.31 Å². The number of carbonyl (C=O) groups is 1. The van der Waals surface area contributed by atoms with Crippen molar-refractivity contribution in [2.24, 2.45) is 5.92 Å². The highest BCUT2D eigenvalue weighted by atomic mass is 79.9. The predicted octanol–water partition coefficient (Wildman–Crippen LogP) is 2.30. The normalized spacial score (nSPS) is 17.5. The Labute approximate surface area is 135 Å². The lowest BCUT2D eigenvalue weighted by molar-refractivity contribution is -0.146. The lowest BCUT2D eigenvalue weighted by Gasteiger charge is -2.30. The van der Waals surface area contributed by atoms with Gasteiger partial charge in [-0.15, -0.1) is 0 Å². The maximum atomic E-state index is 13.9. The Morgan fingerprint density at radius 2 is 1.91 bits per heavy atom. The van der Waals surface area contributed by atoms with Crippen LogP contribution in [0.15, 0.2) is 21.5 Å². The van der Waals surface area contributed by atoms with E-state index in [2.05, 4.69) is 20.7 Å². The Kier molecular flexibility index (Phi) is 5.18. The lowest BCUT2D eigenvalue weighted by Crippen LogP contribution is -2.40. The Bertz CT molecular complexity index is 664. The maximum Gasteiger partial charge on any atom is 0.308 e. The predicted molar refractivity (Wildman–Crippen MR) is 77.6 cm³/mol. The molecule has 22 heavy (non-hydrogen) atoms. The molecule has 1 fully saturated rings. The maximum absolute atomic E-state index is 13.9. The second-order valence-corrected chi connectivity index (χ2v) is 7.63. The van der Waals surface area contributed by atoms with Gasteiger partial charge in [-0.1, -0.05) is 0 Å². The van der Waals surface area contributed by atoms with Crippen LogP contribution in [0.2, 0.25) is 0 Å². The van der Waals surface area contributed by atoms with Crippen molar-refractivity contribution < 1.29 is 26.7 Å². The van der Waals surface area contributed by atoms with E-state index in [1.807, 2.05) is 0 Å². The van der Waals surface area contributed by atoms with Gasteiger partial charge < -0.3 is 4.74 Å². The van der Waals surface area contributed by atoms with E-state index in [0.717, 1.165) is 10.4 Å². The molecule has 1 aromatic carbocycles. The zero-order valence-electron chi connectivity index (χ0n) is 11.7. The number of esters is 1. The van der Waals surface area contributed by atoms with E-state index in [-0.39, 0.29) is 29.4 Å². The van der Waals surface area contributed by atoms with E-state index < -0.39 is 26.6 Å². The van der Waals surface area contributed by atoms with Crippen molar-refractivity contribution >= 4 is 31.9 Å². The van der Waals surface area contributed by atoms with Gasteiger partial charge in [0.15, 0.2) is 0 Å². The van der Waals surface area contributed by atoms with Gasteiger partial charge >= 0.3 is 5.97 Å². The van der Waals surface area contributed by atoms with E-state index in [9.17, 15) is 22.0 Å². The first-order valence-corrected chi connectivity index (χ1v) is 8.73. The molecular formula is C13H14BrF2NO4S. The quantitative estimate of drug-likeness (QED) is 0.734. The zero-order valence-corrected chi connectivity index (χ0v) is 14.1. The minimum Gasteiger partial charge on any atom is -0.469 e. The number of ether oxygens (including phenoxy) is 1. The molecule has 1 aliphatic heterocycles. The number of benzene rings is 1. The van der Waals surface area contributed by atoms with Crippen LogP contribution in [0, 0.1) is 17.6 Å². The van der Waals surface area contributed by atoms with Crippen molar-refractivity contribution in [1.82, 2.24) is 4.31 Å². The first-order chi connectivity index (χ1) is 10.3. The number of nitrogens with zero attached hydrogens (tertiary/aromatic N) is 1. The van der Waals surface area contributed by atoms with Gasteiger partial charge in [0.2, 0.25) is 10.0 Å². The van der Waals surface area contributed by atoms with Crippen molar-refractivity contribution in [3.05, 3.63) is 28.2 Å². The van der Waals surface area contributed by atoms with Gasteiger partial charge in [-0.3, -0.25) is 4.79 Å². The summed E-state index contributed by atoms with van der Waals surface area (Å²) in [5.41, 5.74) is 0. The highest BCUT2D eigenvalue weighted by molar-refractivity contribution is 9.10. The van der Waals surface area contributed by atoms with Crippen LogP contribution in [0.4, 0.5) is 8.78 Å². The number of hydrogen-bond acceptors (Lipinski definition) is 4. The Hall–Kier alpha value is -1.06. The van der Waals surface area contributed by atoms with Gasteiger partial charge in [0.1, 0.15) is 16.5 Å². The lowest BCUT2D eigenvalue weighted by atomic mass is 9.99. The fourth-order valence-corrected chi connectivity index (χ4v) is 4.99. The molecule has 0 saturated carbocycles. The Balaban J connectivity index is 2.25. The molecule has 0 bridgehead atoms. The number of sulfonamides is 1. The SMILES string of the molecule is COC(=O)C1CCN(S(=O)(=O)c2c(F)cc(F)cc2Br)CC1. The van der Waals surface area contributed by atoms with Crippen LogP contribution >= 0.6 is 15.9 Å². The first-order valence-electron chi connectivity index (χ1n) is 6.50. The minimum absolute atomic E-state index is 0.0748. The largest absolute Gasteiger partial charge is 0.469 e. The molecule has 0 spiro atoms. The third-order valence-corrected chi connectivity index (χ3v) is 6.41. The molecule has 0 radical (unpaired) electrons. The highest BCUT2D eigenvalue weighted by Gasteiger charge is 2.35. The second kappa shape index (κ2) is 6.59. The Morgan fingerprint density at radius 1 is 1.32 bits per heavy atom. The van der Waals surface area contributed by atoms with Crippen LogP contribution in [-0.2, 0) is 19.6 Å². The number of rotatable bonds is 3. The number of piperidine rings is 1. The van der Waals surface area contributed by atoms with Gasteiger partial charge in [0, 0.05) is 23.6 Å². The van der Waals surface area contributed by atoms with Crippen LogP contribution in [0.25, 0.3) is 0 Å². The minimum atomic E-state index is -4.10. The fourth-order valence-electron chi connectivity index (χ4n) is 2.40. The molecule has 9 heteroatoms. The summed E-state index contributed by atoms with van der Waals surface area (Å²) >= 11 is 2.89. The molecule has 0 atom stereocenters. The molecule has 0 amide bonds. The monoisotopic (exact) mass is 397 g/mol. The molecule has 1 heterocycles. The van der Waals surface area contributed by atoms with Crippen LogP contribution in [0.3, 0.4) is 0 Å². The van der Waals surface area contributed by atoms with Crippen LogP contribution in [0.5, 0.6) is 0 Å². The van der Waals surface area contributed by atoms with Crippen molar-refractivity contribution in [3.8, 4) is 0 Å². The van der Waals surface area contributed by atoms with E-state index in [0.29, 0.717) is 18.9 Å². The summed E-state index contributed by atoms with van der Waals surface area (Å²) in [4.78, 5) is 10.8. The second-order valence-electron chi connectivity index (χ2n) is 4.90. The van der Waals surface area contributed by atoms with Gasteiger partial charge in [-0.05, 0) is 34.8 Å². The molecule has 2 rings (SSSR count). The van der Waals surface area contributed by atoms with E-state index in [1.165, 1.54) is 7.11 Å². The highest BCUT2D eigenvalue weighted by Crippen LogP contribution is 2.31. The van der Waals surface area contributed by atoms with E-state index in [4.69, 9.17) is 0 Å².